The van der Waals surface area contributed by atoms with Crippen LogP contribution in [0.25, 0.3) is 0 Å². The van der Waals surface area contributed by atoms with Gasteiger partial charge in [0.2, 0.25) is 0 Å². The van der Waals surface area contributed by atoms with Crippen molar-refractivity contribution in [2.75, 3.05) is 6.54 Å². The molecule has 0 aliphatic rings. The van der Waals surface area contributed by atoms with Gasteiger partial charge in [-0.05, 0) is 12.1 Å². The number of aliphatic hydroxyl groups excluding tert-OH is 1. The van der Waals surface area contributed by atoms with Crippen molar-refractivity contribution in [2.45, 2.75) is 16.8 Å². The lowest BCUT2D eigenvalue weighted by Crippen LogP contribution is -2.11. The van der Waals surface area contributed by atoms with Crippen molar-refractivity contribution in [3.8, 4) is 0 Å². The Morgan fingerprint density at radius 2 is 2.22 bits per heavy atom. The monoisotopic (exact) mass is 285 g/mol. The predicted molar refractivity (Wildman–Crippen MR) is 69.3 cm³/mol. The quantitative estimate of drug-likeness (QED) is 0.818. The minimum Gasteiger partial charge on any atom is -0.382 e. The van der Waals surface area contributed by atoms with Crippen LogP contribution < -0.4 is 5.73 Å². The van der Waals surface area contributed by atoms with Crippen LogP contribution in [-0.4, -0.2) is 21.8 Å². The van der Waals surface area contributed by atoms with Crippen molar-refractivity contribution >= 4 is 23.4 Å². The van der Waals surface area contributed by atoms with Crippen LogP contribution in [0.5, 0.6) is 0 Å². The molecule has 0 unspecified atom stereocenters. The Morgan fingerprint density at radius 1 is 1.44 bits per heavy atom. The Hall–Kier alpha value is -1.08. The number of rotatable bonds is 5. The fourth-order valence-electron chi connectivity index (χ4n) is 1.27. The molecule has 0 bridgehead atoms. The van der Waals surface area contributed by atoms with Gasteiger partial charge in [0.15, 0.2) is 5.82 Å². The molecule has 1 atom stereocenters. The average Bonchev–Trinajstić information content (AvgIpc) is 2.86. The van der Waals surface area contributed by atoms with Crippen LogP contribution in [-0.2, 0) is 5.75 Å². The molecular weight excluding hydrogens is 274 g/mol. The van der Waals surface area contributed by atoms with Gasteiger partial charge in [0, 0.05) is 11.4 Å². The third-order valence-corrected chi connectivity index (χ3v) is 3.70. The number of aliphatic hydroxyl groups is 1. The van der Waals surface area contributed by atoms with E-state index in [1.54, 1.807) is 0 Å². The fraction of sp³-hybridized carbons (Fsp3) is 0.273. The molecule has 5 nitrogen and oxygen atoms in total. The first-order valence-corrected chi connectivity index (χ1v) is 6.65. The molecule has 2 aromatic rings. The van der Waals surface area contributed by atoms with E-state index in [2.05, 4.69) is 10.1 Å². The molecule has 0 amide bonds. The van der Waals surface area contributed by atoms with Gasteiger partial charge >= 0.3 is 0 Å². The second kappa shape index (κ2) is 6.19. The molecular formula is C11H12ClN3O2S. The molecule has 0 aliphatic heterocycles. The highest BCUT2D eigenvalue weighted by atomic mass is 35.5. The molecule has 2 rings (SSSR count). The number of hydrogen-bond acceptors (Lipinski definition) is 6. The van der Waals surface area contributed by atoms with Crippen molar-refractivity contribution in [1.82, 2.24) is 10.1 Å². The number of halogens is 1. The van der Waals surface area contributed by atoms with E-state index in [0.717, 1.165) is 4.90 Å². The smallest absolute Gasteiger partial charge is 0.256 e. The van der Waals surface area contributed by atoms with E-state index in [9.17, 15) is 5.11 Å². The van der Waals surface area contributed by atoms with Gasteiger partial charge in [-0.15, -0.1) is 11.8 Å². The first-order chi connectivity index (χ1) is 8.70. The Labute approximate surface area is 113 Å². The zero-order chi connectivity index (χ0) is 13.0. The molecule has 7 heteroatoms. The Morgan fingerprint density at radius 3 is 2.94 bits per heavy atom. The number of nitrogens with two attached hydrogens (primary N) is 1. The second-order valence-electron chi connectivity index (χ2n) is 3.52. The SMILES string of the molecule is NC[C@H](O)c1nc(CSc2ccccc2Cl)no1. The molecule has 0 saturated heterocycles. The molecule has 3 N–H and O–H groups in total. The molecule has 0 aliphatic carbocycles. The summed E-state index contributed by atoms with van der Waals surface area (Å²) in [4.78, 5) is 5.00. The highest BCUT2D eigenvalue weighted by molar-refractivity contribution is 7.98. The second-order valence-corrected chi connectivity index (χ2v) is 4.94. The van der Waals surface area contributed by atoms with Crippen molar-refractivity contribution in [2.24, 2.45) is 5.73 Å². The largest absolute Gasteiger partial charge is 0.382 e. The minimum absolute atomic E-state index is 0.0549. The maximum atomic E-state index is 9.42. The van der Waals surface area contributed by atoms with Gasteiger partial charge in [-0.1, -0.05) is 28.9 Å². The van der Waals surface area contributed by atoms with Gasteiger partial charge in [-0.25, -0.2) is 0 Å². The molecule has 96 valence electrons. The summed E-state index contributed by atoms with van der Waals surface area (Å²) in [7, 11) is 0. The van der Waals surface area contributed by atoms with Crippen molar-refractivity contribution in [1.29, 1.82) is 0 Å². The summed E-state index contributed by atoms with van der Waals surface area (Å²) in [5.41, 5.74) is 5.30. The standard InChI is InChI=1S/C11H12ClN3O2S/c12-7-3-1-2-4-9(7)18-6-10-14-11(17-15-10)8(16)5-13/h1-4,8,16H,5-6,13H2/t8-/m0/s1. The van der Waals surface area contributed by atoms with Crippen LogP contribution in [0.2, 0.25) is 5.02 Å². The summed E-state index contributed by atoms with van der Waals surface area (Å²) in [5, 5.41) is 13.9. The number of aromatic nitrogens is 2. The van der Waals surface area contributed by atoms with Gasteiger partial charge in [-0.2, -0.15) is 4.98 Å². The molecule has 18 heavy (non-hydrogen) atoms. The Kier molecular flexibility index (Phi) is 4.60. The summed E-state index contributed by atoms with van der Waals surface area (Å²) in [5.74, 6) is 1.17. The number of nitrogens with zero attached hydrogens (tertiary/aromatic N) is 2. The molecule has 0 saturated carbocycles. The third-order valence-electron chi connectivity index (χ3n) is 2.19. The Balaban J connectivity index is 1.98. The summed E-state index contributed by atoms with van der Waals surface area (Å²) in [6.07, 6.45) is -0.906. The van der Waals surface area contributed by atoms with Crippen LogP contribution in [0.15, 0.2) is 33.7 Å². The van der Waals surface area contributed by atoms with Crippen LogP contribution in [0.4, 0.5) is 0 Å². The van der Waals surface area contributed by atoms with Crippen LogP contribution in [0.3, 0.4) is 0 Å². The van der Waals surface area contributed by atoms with Crippen LogP contribution in [0, 0.1) is 0 Å². The van der Waals surface area contributed by atoms with E-state index in [1.807, 2.05) is 24.3 Å². The molecule has 0 radical (unpaired) electrons. The third kappa shape index (κ3) is 3.23. The molecule has 0 spiro atoms. The lowest BCUT2D eigenvalue weighted by molar-refractivity contribution is 0.141. The summed E-state index contributed by atoms with van der Waals surface area (Å²) >= 11 is 7.53. The van der Waals surface area contributed by atoms with E-state index in [-0.39, 0.29) is 12.4 Å². The average molecular weight is 286 g/mol. The molecule has 1 aromatic heterocycles. The Bertz CT molecular complexity index is 520. The van der Waals surface area contributed by atoms with Gasteiger partial charge in [0.05, 0.1) is 10.8 Å². The molecule has 1 heterocycles. The maximum absolute atomic E-state index is 9.42. The van der Waals surface area contributed by atoms with Crippen molar-refractivity contribution in [3.63, 3.8) is 0 Å². The fourth-order valence-corrected chi connectivity index (χ4v) is 2.35. The first kappa shape index (κ1) is 13.4. The zero-order valence-corrected chi connectivity index (χ0v) is 11.0. The minimum atomic E-state index is -0.906. The van der Waals surface area contributed by atoms with E-state index < -0.39 is 6.10 Å². The molecule has 0 fully saturated rings. The summed E-state index contributed by atoms with van der Waals surface area (Å²) in [6.45, 7) is 0.0549. The summed E-state index contributed by atoms with van der Waals surface area (Å²) < 4.78 is 4.90. The number of benzene rings is 1. The predicted octanol–water partition coefficient (Wildman–Crippen LogP) is 2.01. The van der Waals surface area contributed by atoms with Crippen molar-refractivity contribution in [3.05, 3.63) is 41.0 Å². The molecule has 1 aromatic carbocycles. The lowest BCUT2D eigenvalue weighted by atomic mass is 10.4. The lowest BCUT2D eigenvalue weighted by Gasteiger charge is -2.00. The van der Waals surface area contributed by atoms with Crippen molar-refractivity contribution < 1.29 is 9.63 Å². The van der Waals surface area contributed by atoms with E-state index in [4.69, 9.17) is 21.9 Å². The van der Waals surface area contributed by atoms with E-state index in [1.165, 1.54) is 11.8 Å². The van der Waals surface area contributed by atoms with Gasteiger partial charge in [0.25, 0.3) is 5.89 Å². The highest BCUT2D eigenvalue weighted by Gasteiger charge is 2.14. The topological polar surface area (TPSA) is 85.2 Å². The van der Waals surface area contributed by atoms with E-state index >= 15 is 0 Å². The van der Waals surface area contributed by atoms with E-state index in [0.29, 0.717) is 16.6 Å². The maximum Gasteiger partial charge on any atom is 0.256 e. The van der Waals surface area contributed by atoms with Gasteiger partial charge in [-0.3, -0.25) is 0 Å². The summed E-state index contributed by atoms with van der Waals surface area (Å²) in [6, 6.07) is 7.52. The van der Waals surface area contributed by atoms with Gasteiger partial charge < -0.3 is 15.4 Å². The van der Waals surface area contributed by atoms with Crippen LogP contribution in [0.1, 0.15) is 17.8 Å². The first-order valence-electron chi connectivity index (χ1n) is 5.28. The highest BCUT2D eigenvalue weighted by Crippen LogP contribution is 2.28. The normalized spacial score (nSPS) is 12.6. The zero-order valence-electron chi connectivity index (χ0n) is 9.41. The number of thioether (sulfide) groups is 1. The van der Waals surface area contributed by atoms with Crippen LogP contribution >= 0.6 is 23.4 Å². The number of hydrogen-bond donors (Lipinski definition) is 2. The van der Waals surface area contributed by atoms with Gasteiger partial charge in [0.1, 0.15) is 6.10 Å².